The van der Waals surface area contributed by atoms with Crippen molar-refractivity contribution in [3.8, 4) is 0 Å². The van der Waals surface area contributed by atoms with Gasteiger partial charge >= 0.3 is 5.84 Å². The Balaban J connectivity index is 2.41. The van der Waals surface area contributed by atoms with Crippen molar-refractivity contribution < 1.29 is 32.6 Å². The molecule has 0 aromatic carbocycles. The minimum Gasteiger partial charge on any atom is -0.392 e. The first-order valence-corrected chi connectivity index (χ1v) is 13.7. The molecular weight excluding hydrogens is 432 g/mol. The molecule has 0 spiro atoms. The van der Waals surface area contributed by atoms with Crippen LogP contribution in [-0.2, 0) is 14.9 Å². The molecule has 1 heterocycles. The van der Waals surface area contributed by atoms with Crippen LogP contribution >= 0.6 is 0 Å². The van der Waals surface area contributed by atoms with Gasteiger partial charge in [-0.15, -0.1) is 0 Å². The third kappa shape index (κ3) is 12.7. The van der Waals surface area contributed by atoms with Crippen molar-refractivity contribution in [3.05, 3.63) is 12.2 Å². The Morgan fingerprint density at radius 3 is 2.34 bits per heavy atom. The Bertz CT molecular complexity index is 705. The molecule has 1 unspecified atom stereocenters. The number of unbranched alkanes of at least 4 members (excludes halogenated alkanes) is 8. The highest BCUT2D eigenvalue weighted by atomic mass is 32.2. The van der Waals surface area contributed by atoms with Gasteiger partial charge in [0, 0.05) is 6.42 Å². The lowest BCUT2D eigenvalue weighted by Crippen LogP contribution is -2.40. The van der Waals surface area contributed by atoms with E-state index in [1.165, 1.54) is 38.5 Å². The van der Waals surface area contributed by atoms with Crippen LogP contribution < -0.4 is 0 Å². The van der Waals surface area contributed by atoms with Gasteiger partial charge in [-0.1, -0.05) is 51.2 Å². The van der Waals surface area contributed by atoms with Crippen LogP contribution in [0.2, 0.25) is 0 Å². The summed E-state index contributed by atoms with van der Waals surface area (Å²) >= 11 is 0. The second-order valence-electron chi connectivity index (χ2n) is 8.58. The zero-order chi connectivity index (χ0) is 23.8. The zero-order valence-corrected chi connectivity index (χ0v) is 20.4. The third-order valence-corrected chi connectivity index (χ3v) is 6.41. The van der Waals surface area contributed by atoms with Crippen LogP contribution in [0.3, 0.4) is 0 Å². The molecule has 0 saturated carbocycles. The van der Waals surface area contributed by atoms with Gasteiger partial charge in [0.15, 0.2) is 0 Å². The number of carbonyl (C=O) groups is 1. The number of nitrogens with zero attached hydrogens (tertiary/aromatic N) is 2. The Hall–Kier alpha value is -1.29. The first-order valence-electron chi connectivity index (χ1n) is 12.1. The molecule has 0 radical (unpaired) electrons. The summed E-state index contributed by atoms with van der Waals surface area (Å²) in [6.45, 7) is 3.38. The molecule has 0 aromatic heterocycles. The van der Waals surface area contributed by atoms with Crippen molar-refractivity contribution in [1.29, 1.82) is 0 Å². The maximum Gasteiger partial charge on any atom is 0.316 e. The molecule has 0 aliphatic carbocycles. The minimum absolute atomic E-state index is 0.0516. The average molecular weight is 476 g/mol. The monoisotopic (exact) mass is 475 g/mol. The Labute approximate surface area is 193 Å². The predicted octanol–water partition coefficient (Wildman–Crippen LogP) is 2.39. The van der Waals surface area contributed by atoms with Gasteiger partial charge in [0.05, 0.1) is 6.61 Å². The molecule has 0 amide bonds. The second-order valence-corrected chi connectivity index (χ2v) is 10.1. The second kappa shape index (κ2) is 16.3. The fourth-order valence-electron chi connectivity index (χ4n) is 4.01. The molecule has 0 aromatic rings. The summed E-state index contributed by atoms with van der Waals surface area (Å²) in [5.41, 5.74) is 0. The highest BCUT2D eigenvalue weighted by Gasteiger charge is 2.36. The largest absolute Gasteiger partial charge is 0.392 e. The van der Waals surface area contributed by atoms with E-state index < -0.39 is 22.0 Å². The number of rotatable bonds is 19. The summed E-state index contributed by atoms with van der Waals surface area (Å²) in [6, 6.07) is 0. The minimum atomic E-state index is -4.29. The van der Waals surface area contributed by atoms with Crippen LogP contribution in [0, 0.1) is 0 Å². The lowest BCUT2D eigenvalue weighted by atomic mass is 10.1. The number of aliphatic hydroxyl groups is 2. The Morgan fingerprint density at radius 2 is 1.72 bits per heavy atom. The topological polar surface area (TPSA) is 118 Å². The highest BCUT2D eigenvalue weighted by molar-refractivity contribution is 7.85. The van der Waals surface area contributed by atoms with Gasteiger partial charge in [-0.05, 0) is 32.1 Å². The van der Waals surface area contributed by atoms with Gasteiger partial charge in [-0.2, -0.15) is 8.42 Å². The molecule has 8 nitrogen and oxygen atoms in total. The maximum atomic E-state index is 12.8. The van der Waals surface area contributed by atoms with Crippen LogP contribution in [0.1, 0.15) is 77.6 Å². The van der Waals surface area contributed by atoms with Crippen LogP contribution in [0.5, 0.6) is 0 Å². The molecule has 1 aliphatic heterocycles. The summed E-state index contributed by atoms with van der Waals surface area (Å²) in [5, 5.41) is 19.3. The van der Waals surface area contributed by atoms with Gasteiger partial charge in [0.2, 0.25) is 5.78 Å². The first-order chi connectivity index (χ1) is 15.3. The summed E-state index contributed by atoms with van der Waals surface area (Å²) in [5.74, 6) is -0.408. The van der Waals surface area contributed by atoms with Crippen molar-refractivity contribution in [2.45, 2.75) is 83.7 Å². The number of ketones is 1. The number of carbonyl (C=O) groups excluding carboxylic acids is 1. The van der Waals surface area contributed by atoms with E-state index in [9.17, 15) is 23.4 Å². The Morgan fingerprint density at radius 1 is 1.09 bits per heavy atom. The molecule has 1 rings (SSSR count). The van der Waals surface area contributed by atoms with Gasteiger partial charge in [-0.3, -0.25) is 18.8 Å². The van der Waals surface area contributed by atoms with E-state index >= 15 is 0 Å². The van der Waals surface area contributed by atoms with E-state index in [1.54, 1.807) is 9.48 Å². The summed E-state index contributed by atoms with van der Waals surface area (Å²) in [7, 11) is -4.29. The smallest absolute Gasteiger partial charge is 0.316 e. The maximum absolute atomic E-state index is 12.8. The SMILES string of the molecule is CCCCCCCC/C=C/CCCCC(=O)C1=[N+](CC(O)CS(=O)(=O)O)CCN1CCO. The third-order valence-electron chi connectivity index (χ3n) is 5.61. The van der Waals surface area contributed by atoms with Crippen molar-refractivity contribution in [2.75, 3.05) is 38.5 Å². The molecule has 0 saturated heterocycles. The molecular formula is C23H43N2O6S+. The van der Waals surface area contributed by atoms with Crippen molar-refractivity contribution in [1.82, 2.24) is 4.90 Å². The van der Waals surface area contributed by atoms with E-state index in [1.807, 2.05) is 0 Å². The van der Waals surface area contributed by atoms with E-state index in [0.717, 1.165) is 25.7 Å². The molecule has 9 heteroatoms. The van der Waals surface area contributed by atoms with Gasteiger partial charge in [0.25, 0.3) is 10.1 Å². The van der Waals surface area contributed by atoms with Crippen LogP contribution in [0.15, 0.2) is 12.2 Å². The van der Waals surface area contributed by atoms with Gasteiger partial charge < -0.3 is 10.2 Å². The molecule has 1 aliphatic rings. The number of amidine groups is 1. The lowest BCUT2D eigenvalue weighted by Gasteiger charge is -2.13. The fraction of sp³-hybridized carbons (Fsp3) is 0.826. The molecule has 32 heavy (non-hydrogen) atoms. The molecule has 1 atom stereocenters. The number of hydrogen-bond donors (Lipinski definition) is 3. The normalized spacial score (nSPS) is 15.8. The van der Waals surface area contributed by atoms with Crippen LogP contribution in [0.4, 0.5) is 0 Å². The summed E-state index contributed by atoms with van der Waals surface area (Å²) in [6.07, 6.45) is 15.0. The van der Waals surface area contributed by atoms with E-state index in [0.29, 0.717) is 31.9 Å². The van der Waals surface area contributed by atoms with Crippen LogP contribution in [-0.4, -0.2) is 88.9 Å². The van der Waals surface area contributed by atoms with E-state index in [4.69, 9.17) is 4.55 Å². The number of allylic oxidation sites excluding steroid dienone is 2. The van der Waals surface area contributed by atoms with Crippen molar-refractivity contribution >= 4 is 21.7 Å². The zero-order valence-electron chi connectivity index (χ0n) is 19.6. The van der Waals surface area contributed by atoms with Gasteiger partial charge in [-0.25, -0.2) is 0 Å². The molecule has 186 valence electrons. The molecule has 0 fully saturated rings. The van der Waals surface area contributed by atoms with E-state index in [2.05, 4.69) is 19.1 Å². The van der Waals surface area contributed by atoms with Crippen molar-refractivity contribution in [3.63, 3.8) is 0 Å². The lowest BCUT2D eigenvalue weighted by molar-refractivity contribution is -0.525. The quantitative estimate of drug-likeness (QED) is 0.114. The summed E-state index contributed by atoms with van der Waals surface area (Å²) < 4.78 is 32.6. The average Bonchev–Trinajstić information content (AvgIpc) is 3.09. The number of hydrogen-bond acceptors (Lipinski definition) is 6. The predicted molar refractivity (Wildman–Crippen MR) is 127 cm³/mol. The number of aliphatic hydroxyl groups excluding tert-OH is 2. The standard InChI is InChI=1S/C23H42N2O6S/c1-2-3-4-5-6-7-8-9-10-11-12-13-14-22(28)23-24(17-18-26)15-16-25(23)19-21(27)20-32(29,30)31/h9-10,21,26-27H,2-8,11-20H2,1H3/p+1/b10-9+. The molecule has 0 bridgehead atoms. The van der Waals surface area contributed by atoms with Gasteiger partial charge in [0.1, 0.15) is 38.0 Å². The Kier molecular flexibility index (Phi) is 14.7. The number of Topliss-reactive ketones (excluding diaryl/α,β-unsaturated/α-hetero) is 1. The fourth-order valence-corrected chi connectivity index (χ4v) is 4.60. The molecule has 3 N–H and O–H groups in total. The van der Waals surface area contributed by atoms with E-state index in [-0.39, 0.29) is 18.9 Å². The highest BCUT2D eigenvalue weighted by Crippen LogP contribution is 2.11. The first kappa shape index (κ1) is 28.7. The van der Waals surface area contributed by atoms with Crippen molar-refractivity contribution in [2.24, 2.45) is 0 Å². The number of β-amino-alcohol motifs (C(OH)–C–C–N with tert-alkyl or cyclic N) is 2. The summed E-state index contributed by atoms with van der Waals surface area (Å²) in [4.78, 5) is 14.6. The van der Waals surface area contributed by atoms with Crippen LogP contribution in [0.25, 0.3) is 0 Å².